The molecule has 0 aliphatic carbocycles. The summed E-state index contributed by atoms with van der Waals surface area (Å²) in [6.45, 7) is 7.63. The van der Waals surface area contributed by atoms with Gasteiger partial charge in [-0.15, -0.1) is 0 Å². The van der Waals surface area contributed by atoms with Gasteiger partial charge in [-0.3, -0.25) is 0 Å². The number of likely N-dealkylation sites (N-methyl/N-ethyl adjacent to an activating group) is 1. The first-order chi connectivity index (χ1) is 8.76. The lowest BCUT2D eigenvalue weighted by Gasteiger charge is -2.41. The van der Waals surface area contributed by atoms with Crippen LogP contribution in [0, 0.1) is 5.92 Å². The van der Waals surface area contributed by atoms with Crippen LogP contribution in [-0.2, 0) is 4.74 Å². The molecule has 3 heteroatoms. The standard InChI is InChI=1S/C15H23NO2/c1-3-16(4-2)10-14(17)13-11-18-15(13)12-8-6-5-7-9-12/h5-9,13-15,17H,3-4,10-11H2,1-2H3/t13-,14+,15+/m0/s1. The highest BCUT2D eigenvalue weighted by Gasteiger charge is 2.38. The topological polar surface area (TPSA) is 32.7 Å². The second-order valence-electron chi connectivity index (χ2n) is 4.88. The number of hydrogen-bond donors (Lipinski definition) is 1. The Labute approximate surface area is 109 Å². The van der Waals surface area contributed by atoms with Gasteiger partial charge in [-0.25, -0.2) is 0 Å². The predicted molar refractivity (Wildman–Crippen MR) is 72.4 cm³/mol. The predicted octanol–water partition coefficient (Wildman–Crippen LogP) is 2.08. The average Bonchev–Trinajstić information content (AvgIpc) is 2.36. The molecule has 2 rings (SSSR count). The van der Waals surface area contributed by atoms with E-state index in [9.17, 15) is 5.11 Å². The smallest absolute Gasteiger partial charge is 0.0900 e. The molecule has 0 radical (unpaired) electrons. The van der Waals surface area contributed by atoms with E-state index in [1.165, 1.54) is 5.56 Å². The minimum absolute atomic E-state index is 0.0664. The van der Waals surface area contributed by atoms with E-state index >= 15 is 0 Å². The van der Waals surface area contributed by atoms with Gasteiger partial charge >= 0.3 is 0 Å². The SMILES string of the molecule is CCN(CC)C[C@@H](O)[C@@H]1CO[C@@H]1c1ccccc1. The molecule has 0 saturated carbocycles. The van der Waals surface area contributed by atoms with E-state index in [1.807, 2.05) is 18.2 Å². The van der Waals surface area contributed by atoms with Gasteiger partial charge in [-0.2, -0.15) is 0 Å². The summed E-state index contributed by atoms with van der Waals surface area (Å²) in [7, 11) is 0. The summed E-state index contributed by atoms with van der Waals surface area (Å²) >= 11 is 0. The highest BCUT2D eigenvalue weighted by Crippen LogP contribution is 2.37. The number of aliphatic hydroxyl groups excluding tert-OH is 1. The molecule has 1 N–H and O–H groups in total. The van der Waals surface area contributed by atoms with Crippen LogP contribution in [0.15, 0.2) is 30.3 Å². The number of rotatable bonds is 6. The van der Waals surface area contributed by atoms with E-state index in [1.54, 1.807) is 0 Å². The van der Waals surface area contributed by atoms with Gasteiger partial charge in [-0.1, -0.05) is 44.2 Å². The van der Waals surface area contributed by atoms with Crippen LogP contribution < -0.4 is 0 Å². The van der Waals surface area contributed by atoms with Gasteiger partial charge in [0, 0.05) is 12.5 Å². The first-order valence-corrected chi connectivity index (χ1v) is 6.83. The van der Waals surface area contributed by atoms with Gasteiger partial charge in [0.2, 0.25) is 0 Å². The first-order valence-electron chi connectivity index (χ1n) is 6.83. The summed E-state index contributed by atoms with van der Waals surface area (Å²) < 4.78 is 5.62. The maximum atomic E-state index is 10.3. The minimum atomic E-state index is -0.302. The number of ether oxygens (including phenoxy) is 1. The summed E-state index contributed by atoms with van der Waals surface area (Å²) in [5, 5.41) is 10.3. The molecule has 18 heavy (non-hydrogen) atoms. The lowest BCUT2D eigenvalue weighted by Crippen LogP contribution is -2.46. The molecule has 1 aromatic rings. The zero-order valence-electron chi connectivity index (χ0n) is 11.2. The third kappa shape index (κ3) is 2.91. The fraction of sp³-hybridized carbons (Fsp3) is 0.600. The Morgan fingerprint density at radius 2 is 1.94 bits per heavy atom. The number of benzene rings is 1. The monoisotopic (exact) mass is 249 g/mol. The molecule has 1 fully saturated rings. The van der Waals surface area contributed by atoms with E-state index in [4.69, 9.17) is 4.74 Å². The summed E-state index contributed by atoms with van der Waals surface area (Å²) in [4.78, 5) is 2.26. The van der Waals surface area contributed by atoms with Crippen LogP contribution in [0.4, 0.5) is 0 Å². The highest BCUT2D eigenvalue weighted by atomic mass is 16.5. The third-order valence-corrected chi connectivity index (χ3v) is 3.82. The van der Waals surface area contributed by atoms with Crippen molar-refractivity contribution in [1.29, 1.82) is 0 Å². The molecule has 1 aromatic carbocycles. The van der Waals surface area contributed by atoms with Crippen LogP contribution in [0.2, 0.25) is 0 Å². The zero-order chi connectivity index (χ0) is 13.0. The Morgan fingerprint density at radius 1 is 1.28 bits per heavy atom. The van der Waals surface area contributed by atoms with Crippen LogP contribution in [0.1, 0.15) is 25.5 Å². The Morgan fingerprint density at radius 3 is 2.44 bits per heavy atom. The van der Waals surface area contributed by atoms with Crippen molar-refractivity contribution in [3.8, 4) is 0 Å². The van der Waals surface area contributed by atoms with Crippen molar-refractivity contribution in [3.63, 3.8) is 0 Å². The molecule has 0 unspecified atom stereocenters. The van der Waals surface area contributed by atoms with Gasteiger partial charge in [0.25, 0.3) is 0 Å². The van der Waals surface area contributed by atoms with Gasteiger partial charge in [0.1, 0.15) is 0 Å². The third-order valence-electron chi connectivity index (χ3n) is 3.82. The maximum Gasteiger partial charge on any atom is 0.0900 e. The molecule has 1 saturated heterocycles. The molecule has 0 amide bonds. The van der Waals surface area contributed by atoms with Crippen molar-refractivity contribution in [2.75, 3.05) is 26.2 Å². The van der Waals surface area contributed by atoms with Crippen LogP contribution in [0.3, 0.4) is 0 Å². The second kappa shape index (κ2) is 6.32. The normalized spacial score (nSPS) is 24.9. The summed E-state index contributed by atoms with van der Waals surface area (Å²) in [6.07, 6.45) is -0.236. The van der Waals surface area contributed by atoms with Crippen LogP contribution in [-0.4, -0.2) is 42.4 Å². The van der Waals surface area contributed by atoms with E-state index in [0.717, 1.165) is 19.6 Å². The number of aliphatic hydroxyl groups is 1. The number of hydrogen-bond acceptors (Lipinski definition) is 3. The lowest BCUT2D eigenvalue weighted by molar-refractivity contribution is -0.164. The second-order valence-corrected chi connectivity index (χ2v) is 4.88. The maximum absolute atomic E-state index is 10.3. The fourth-order valence-electron chi connectivity index (χ4n) is 2.48. The van der Waals surface area contributed by atoms with Gasteiger partial charge in [0.15, 0.2) is 0 Å². The van der Waals surface area contributed by atoms with Crippen LogP contribution in [0.25, 0.3) is 0 Å². The molecule has 3 nitrogen and oxygen atoms in total. The largest absolute Gasteiger partial charge is 0.391 e. The molecule has 0 spiro atoms. The van der Waals surface area contributed by atoms with Crippen molar-refractivity contribution in [3.05, 3.63) is 35.9 Å². The van der Waals surface area contributed by atoms with Gasteiger partial charge in [0.05, 0.1) is 18.8 Å². The fourth-order valence-corrected chi connectivity index (χ4v) is 2.48. The van der Waals surface area contributed by atoms with E-state index in [0.29, 0.717) is 6.61 Å². The molecule has 1 aliphatic heterocycles. The molecule has 100 valence electrons. The van der Waals surface area contributed by atoms with Crippen molar-refractivity contribution in [2.24, 2.45) is 5.92 Å². The highest BCUT2D eigenvalue weighted by molar-refractivity contribution is 5.20. The first kappa shape index (κ1) is 13.5. The summed E-state index contributed by atoms with van der Waals surface area (Å²) in [5.41, 5.74) is 1.17. The number of nitrogens with zero attached hydrogens (tertiary/aromatic N) is 1. The van der Waals surface area contributed by atoms with Crippen LogP contribution >= 0.6 is 0 Å². The average molecular weight is 249 g/mol. The Kier molecular flexibility index (Phi) is 4.75. The molecular weight excluding hydrogens is 226 g/mol. The molecular formula is C15H23NO2. The minimum Gasteiger partial charge on any atom is -0.391 e. The Bertz CT molecular complexity index is 351. The van der Waals surface area contributed by atoms with Gasteiger partial charge < -0.3 is 14.7 Å². The van der Waals surface area contributed by atoms with E-state index in [-0.39, 0.29) is 18.1 Å². The Balaban J connectivity index is 1.93. The van der Waals surface area contributed by atoms with Crippen LogP contribution in [0.5, 0.6) is 0 Å². The summed E-state index contributed by atoms with van der Waals surface area (Å²) in [5.74, 6) is 0.230. The molecule has 1 heterocycles. The molecule has 0 bridgehead atoms. The Hall–Kier alpha value is -0.900. The zero-order valence-corrected chi connectivity index (χ0v) is 11.2. The van der Waals surface area contributed by atoms with Crippen molar-refractivity contribution in [1.82, 2.24) is 4.90 Å². The van der Waals surface area contributed by atoms with E-state index in [2.05, 4.69) is 30.9 Å². The molecule has 1 aliphatic rings. The molecule has 3 atom stereocenters. The summed E-state index contributed by atoms with van der Waals surface area (Å²) in [6, 6.07) is 10.2. The van der Waals surface area contributed by atoms with E-state index < -0.39 is 0 Å². The lowest BCUT2D eigenvalue weighted by atomic mass is 9.87. The van der Waals surface area contributed by atoms with Crippen molar-refractivity contribution in [2.45, 2.75) is 26.1 Å². The van der Waals surface area contributed by atoms with Crippen molar-refractivity contribution < 1.29 is 9.84 Å². The van der Waals surface area contributed by atoms with Gasteiger partial charge in [-0.05, 0) is 18.7 Å². The van der Waals surface area contributed by atoms with Crippen molar-refractivity contribution >= 4 is 0 Å². The quantitative estimate of drug-likeness (QED) is 0.838. The molecule has 0 aromatic heterocycles.